The number of carbonyl (C=O) groups is 1. The van der Waals surface area contributed by atoms with E-state index in [0.29, 0.717) is 27.7 Å². The smallest absolute Gasteiger partial charge is 0.347 e. The summed E-state index contributed by atoms with van der Waals surface area (Å²) in [6.45, 7) is 0. The molecule has 0 spiro atoms. The van der Waals surface area contributed by atoms with E-state index < -0.39 is 5.63 Å². The van der Waals surface area contributed by atoms with Gasteiger partial charge in [0, 0.05) is 12.4 Å². The Morgan fingerprint density at radius 3 is 2.62 bits per heavy atom. The summed E-state index contributed by atoms with van der Waals surface area (Å²) in [5.41, 5.74) is 1.50. The number of nitrogens with zero attached hydrogens (tertiary/aromatic N) is 2. The summed E-state index contributed by atoms with van der Waals surface area (Å²) in [6.07, 6.45) is 3.07. The average Bonchev–Trinajstić information content (AvgIpc) is 2.69. The van der Waals surface area contributed by atoms with Gasteiger partial charge in [-0.2, -0.15) is 0 Å². The molecule has 0 fully saturated rings. The van der Waals surface area contributed by atoms with Crippen molar-refractivity contribution in [1.82, 2.24) is 9.97 Å². The Morgan fingerprint density at radius 1 is 0.962 bits per heavy atom. The van der Waals surface area contributed by atoms with Gasteiger partial charge in [-0.3, -0.25) is 9.78 Å². The zero-order chi connectivity index (χ0) is 17.9. The monoisotopic (exact) mass is 343 g/mol. The van der Waals surface area contributed by atoms with Gasteiger partial charge in [0.15, 0.2) is 0 Å². The zero-order valence-corrected chi connectivity index (χ0v) is 13.5. The molecule has 0 saturated heterocycles. The van der Waals surface area contributed by atoms with E-state index in [1.54, 1.807) is 66.9 Å². The fraction of sp³-hybridized carbons (Fsp3) is 0. The van der Waals surface area contributed by atoms with Crippen LogP contribution < -0.4 is 10.9 Å². The maximum atomic E-state index is 12.4. The molecule has 2 aromatic heterocycles. The largest absolute Gasteiger partial charge is 0.403 e. The second-order valence-electron chi connectivity index (χ2n) is 5.57. The molecule has 0 bridgehead atoms. The second kappa shape index (κ2) is 6.60. The number of benzene rings is 2. The number of aromatic nitrogens is 2. The van der Waals surface area contributed by atoms with E-state index in [0.717, 1.165) is 0 Å². The predicted octanol–water partition coefficient (Wildman–Crippen LogP) is 3.50. The predicted molar refractivity (Wildman–Crippen MR) is 97.9 cm³/mol. The number of nitrogens with one attached hydrogen (secondary N) is 1. The third-order valence-corrected chi connectivity index (χ3v) is 3.86. The molecule has 126 valence electrons. The van der Waals surface area contributed by atoms with Crippen molar-refractivity contribution in [3.63, 3.8) is 0 Å². The normalized spacial score (nSPS) is 10.6. The standard InChI is InChI=1S/C20H13N3O3/c24-18(13-6-5-11-21-12-13)22-16-9-3-1-7-14(16)19-23-17-10-4-2-8-15(17)20(25)26-19/h1-12H,(H,22,24). The van der Waals surface area contributed by atoms with Crippen LogP contribution in [-0.2, 0) is 0 Å². The van der Waals surface area contributed by atoms with Crippen molar-refractivity contribution in [2.75, 3.05) is 5.32 Å². The van der Waals surface area contributed by atoms with E-state index in [2.05, 4.69) is 15.3 Å². The highest BCUT2D eigenvalue weighted by molar-refractivity contribution is 6.05. The van der Waals surface area contributed by atoms with Crippen LogP contribution in [0.15, 0.2) is 82.3 Å². The molecule has 1 N–H and O–H groups in total. The summed E-state index contributed by atoms with van der Waals surface area (Å²) in [7, 11) is 0. The number of fused-ring (bicyclic) bond motifs is 1. The number of pyridine rings is 1. The highest BCUT2D eigenvalue weighted by Gasteiger charge is 2.14. The van der Waals surface area contributed by atoms with Crippen molar-refractivity contribution in [2.45, 2.75) is 0 Å². The summed E-state index contributed by atoms with van der Waals surface area (Å²) in [5, 5.41) is 3.22. The van der Waals surface area contributed by atoms with Crippen LogP contribution in [0, 0.1) is 0 Å². The fourth-order valence-electron chi connectivity index (χ4n) is 2.60. The molecule has 4 aromatic rings. The minimum absolute atomic E-state index is 0.149. The third-order valence-electron chi connectivity index (χ3n) is 3.86. The molecule has 0 unspecified atom stereocenters. The number of rotatable bonds is 3. The topological polar surface area (TPSA) is 85.1 Å². The van der Waals surface area contributed by atoms with Gasteiger partial charge in [0.2, 0.25) is 5.89 Å². The molecule has 0 aliphatic heterocycles. The molecule has 0 saturated carbocycles. The summed E-state index contributed by atoms with van der Waals surface area (Å²) < 4.78 is 5.37. The maximum Gasteiger partial charge on any atom is 0.347 e. The summed E-state index contributed by atoms with van der Waals surface area (Å²) in [6, 6.07) is 17.3. The van der Waals surface area contributed by atoms with Gasteiger partial charge in [-0.15, -0.1) is 0 Å². The first-order valence-electron chi connectivity index (χ1n) is 7.93. The first kappa shape index (κ1) is 15.7. The van der Waals surface area contributed by atoms with Gasteiger partial charge in [0.05, 0.1) is 27.7 Å². The molecule has 26 heavy (non-hydrogen) atoms. The van der Waals surface area contributed by atoms with E-state index in [4.69, 9.17) is 4.42 Å². The molecule has 0 aliphatic rings. The Bertz CT molecular complexity index is 1150. The molecule has 0 aliphatic carbocycles. The van der Waals surface area contributed by atoms with Crippen LogP contribution in [-0.4, -0.2) is 15.9 Å². The van der Waals surface area contributed by atoms with E-state index in [1.807, 2.05) is 0 Å². The first-order chi connectivity index (χ1) is 12.7. The Kier molecular flexibility index (Phi) is 3.99. The lowest BCUT2D eigenvalue weighted by atomic mass is 10.1. The average molecular weight is 343 g/mol. The van der Waals surface area contributed by atoms with Gasteiger partial charge in [0.1, 0.15) is 0 Å². The van der Waals surface area contributed by atoms with Crippen LogP contribution in [0.2, 0.25) is 0 Å². The van der Waals surface area contributed by atoms with Crippen molar-refractivity contribution >= 4 is 22.5 Å². The van der Waals surface area contributed by atoms with Crippen LogP contribution in [0.25, 0.3) is 22.4 Å². The zero-order valence-electron chi connectivity index (χ0n) is 13.5. The van der Waals surface area contributed by atoms with Crippen LogP contribution in [0.4, 0.5) is 5.69 Å². The number of amides is 1. The Labute approximate surface area is 148 Å². The lowest BCUT2D eigenvalue weighted by Gasteiger charge is -2.10. The summed E-state index contributed by atoms with van der Waals surface area (Å²) in [5.74, 6) is -0.163. The molecular weight excluding hydrogens is 330 g/mol. The molecule has 6 nitrogen and oxygen atoms in total. The van der Waals surface area contributed by atoms with Crippen molar-refractivity contribution in [3.8, 4) is 11.5 Å². The lowest BCUT2D eigenvalue weighted by molar-refractivity contribution is 0.102. The SMILES string of the molecule is O=C(Nc1ccccc1-c1nc2ccccc2c(=O)o1)c1cccnc1. The van der Waals surface area contributed by atoms with Gasteiger partial charge in [-0.05, 0) is 36.4 Å². The molecule has 2 aromatic carbocycles. The highest BCUT2D eigenvalue weighted by Crippen LogP contribution is 2.27. The minimum atomic E-state index is -0.473. The van der Waals surface area contributed by atoms with Crippen molar-refractivity contribution < 1.29 is 9.21 Å². The number of para-hydroxylation sites is 2. The van der Waals surface area contributed by atoms with E-state index >= 15 is 0 Å². The molecule has 0 radical (unpaired) electrons. The Hall–Kier alpha value is -3.80. The summed E-state index contributed by atoms with van der Waals surface area (Å²) in [4.78, 5) is 33.0. The van der Waals surface area contributed by atoms with E-state index in [-0.39, 0.29) is 11.8 Å². The third kappa shape index (κ3) is 2.95. The van der Waals surface area contributed by atoms with Crippen LogP contribution in [0.3, 0.4) is 0 Å². The van der Waals surface area contributed by atoms with Crippen LogP contribution in [0.1, 0.15) is 10.4 Å². The first-order valence-corrected chi connectivity index (χ1v) is 7.93. The highest BCUT2D eigenvalue weighted by atomic mass is 16.4. The molecule has 1 amide bonds. The Balaban J connectivity index is 1.77. The van der Waals surface area contributed by atoms with Gasteiger partial charge in [0.25, 0.3) is 5.91 Å². The lowest BCUT2D eigenvalue weighted by Crippen LogP contribution is -2.13. The fourth-order valence-corrected chi connectivity index (χ4v) is 2.60. The molecular formula is C20H13N3O3. The van der Waals surface area contributed by atoms with Gasteiger partial charge >= 0.3 is 5.63 Å². The Morgan fingerprint density at radius 2 is 1.77 bits per heavy atom. The molecule has 2 heterocycles. The van der Waals surface area contributed by atoms with E-state index in [9.17, 15) is 9.59 Å². The maximum absolute atomic E-state index is 12.4. The second-order valence-corrected chi connectivity index (χ2v) is 5.57. The minimum Gasteiger partial charge on any atom is -0.403 e. The number of carbonyl (C=O) groups excluding carboxylic acids is 1. The number of anilines is 1. The number of hydrogen-bond donors (Lipinski definition) is 1. The van der Waals surface area contributed by atoms with Crippen molar-refractivity contribution in [2.24, 2.45) is 0 Å². The van der Waals surface area contributed by atoms with Crippen LogP contribution >= 0.6 is 0 Å². The molecule has 6 heteroatoms. The summed E-state index contributed by atoms with van der Waals surface area (Å²) >= 11 is 0. The van der Waals surface area contributed by atoms with Crippen LogP contribution in [0.5, 0.6) is 0 Å². The van der Waals surface area contributed by atoms with Gasteiger partial charge in [-0.25, -0.2) is 9.78 Å². The van der Waals surface area contributed by atoms with E-state index in [1.165, 1.54) is 6.20 Å². The van der Waals surface area contributed by atoms with Crippen molar-refractivity contribution in [1.29, 1.82) is 0 Å². The van der Waals surface area contributed by atoms with Gasteiger partial charge in [-0.1, -0.05) is 24.3 Å². The van der Waals surface area contributed by atoms with Gasteiger partial charge < -0.3 is 9.73 Å². The van der Waals surface area contributed by atoms with Crippen molar-refractivity contribution in [3.05, 3.63) is 89.0 Å². The number of hydrogen-bond acceptors (Lipinski definition) is 5. The molecule has 0 atom stereocenters. The quantitative estimate of drug-likeness (QED) is 0.615. The molecule has 4 rings (SSSR count).